The monoisotopic (exact) mass is 581 g/mol. The second-order valence-corrected chi connectivity index (χ2v) is 11.3. The number of likely N-dealkylation sites (tertiary alicyclic amines) is 1. The molecule has 0 spiro atoms. The normalized spacial score (nSPS) is 14.3. The minimum atomic E-state index is -4.45. The maximum atomic E-state index is 13.2. The lowest BCUT2D eigenvalue weighted by Gasteiger charge is -2.33. The van der Waals surface area contributed by atoms with Crippen molar-refractivity contribution < 1.29 is 32.3 Å². The molecule has 1 saturated heterocycles. The molecule has 1 heterocycles. The van der Waals surface area contributed by atoms with E-state index in [-0.39, 0.29) is 23.5 Å². The molecule has 3 aromatic carbocycles. The summed E-state index contributed by atoms with van der Waals surface area (Å²) < 4.78 is 44.4. The molecule has 222 valence electrons. The molecule has 2 N–H and O–H groups in total. The molecule has 7 nitrogen and oxygen atoms in total. The van der Waals surface area contributed by atoms with Gasteiger partial charge in [0.05, 0.1) is 5.56 Å². The zero-order valence-corrected chi connectivity index (χ0v) is 23.8. The molecule has 3 aromatic rings. The number of piperidine rings is 1. The number of anilines is 1. The molecule has 10 heteroatoms. The molecule has 42 heavy (non-hydrogen) atoms. The van der Waals surface area contributed by atoms with Crippen LogP contribution in [0, 0.1) is 5.92 Å². The van der Waals surface area contributed by atoms with Crippen LogP contribution in [0.4, 0.5) is 23.7 Å². The lowest BCUT2D eigenvalue weighted by molar-refractivity contribution is -0.137. The van der Waals surface area contributed by atoms with Crippen molar-refractivity contribution >= 4 is 23.6 Å². The molecule has 0 radical (unpaired) electrons. The first-order valence-electron chi connectivity index (χ1n) is 13.7. The fourth-order valence-electron chi connectivity index (χ4n) is 4.69. The van der Waals surface area contributed by atoms with Gasteiger partial charge < -0.3 is 20.3 Å². The largest absolute Gasteiger partial charge is 0.444 e. The highest BCUT2D eigenvalue weighted by atomic mass is 19.4. The fourth-order valence-corrected chi connectivity index (χ4v) is 4.69. The van der Waals surface area contributed by atoms with E-state index in [1.807, 2.05) is 20.8 Å². The Morgan fingerprint density at radius 2 is 1.55 bits per heavy atom. The number of amides is 3. The van der Waals surface area contributed by atoms with Crippen molar-refractivity contribution in [3.8, 4) is 11.1 Å². The summed E-state index contributed by atoms with van der Waals surface area (Å²) in [5, 5.41) is 5.73. The standard InChI is InChI=1S/C32H34F3N3O4/c1-31(2,3)42-30(41)38-17-15-21(16-18-38)20-36-28(39)23-7-6-8-25(19-23)37-29(40)27-10-5-4-9-26(27)22-11-13-24(14-12-22)32(33,34)35/h4-14,19,21H,15-18,20H2,1-3H3,(H,36,39)(H,37,40). The Morgan fingerprint density at radius 1 is 0.881 bits per heavy atom. The SMILES string of the molecule is CC(C)(C)OC(=O)N1CCC(CNC(=O)c2cccc(NC(=O)c3ccccc3-c3ccc(C(F)(F)F)cc3)c2)CC1. The van der Waals surface area contributed by atoms with Gasteiger partial charge in [-0.1, -0.05) is 36.4 Å². The first kappa shape index (κ1) is 30.6. The predicted octanol–water partition coefficient (Wildman–Crippen LogP) is 7.00. The Bertz CT molecular complexity index is 1420. The first-order chi connectivity index (χ1) is 19.8. The molecule has 1 aliphatic rings. The molecule has 0 aliphatic carbocycles. The number of nitrogens with one attached hydrogen (secondary N) is 2. The summed E-state index contributed by atoms with van der Waals surface area (Å²) in [5.74, 6) is -0.525. The van der Waals surface area contributed by atoms with Gasteiger partial charge in [0.15, 0.2) is 0 Å². The number of benzene rings is 3. The van der Waals surface area contributed by atoms with Crippen LogP contribution in [-0.4, -0.2) is 48.0 Å². The number of carbonyl (C=O) groups excluding carboxylic acids is 3. The molecular formula is C32H34F3N3O4. The van der Waals surface area contributed by atoms with E-state index in [2.05, 4.69) is 10.6 Å². The number of ether oxygens (including phenoxy) is 1. The molecule has 0 unspecified atom stereocenters. The van der Waals surface area contributed by atoms with Crippen LogP contribution in [-0.2, 0) is 10.9 Å². The minimum absolute atomic E-state index is 0.220. The van der Waals surface area contributed by atoms with E-state index in [1.54, 1.807) is 53.4 Å². The molecule has 0 atom stereocenters. The number of carbonyl (C=O) groups is 3. The maximum Gasteiger partial charge on any atom is 0.416 e. The average Bonchev–Trinajstić information content (AvgIpc) is 2.95. The van der Waals surface area contributed by atoms with Gasteiger partial charge >= 0.3 is 12.3 Å². The van der Waals surface area contributed by atoms with Crippen LogP contribution in [0.2, 0.25) is 0 Å². The highest BCUT2D eigenvalue weighted by molar-refractivity contribution is 6.09. The van der Waals surface area contributed by atoms with Crippen molar-refractivity contribution in [2.24, 2.45) is 5.92 Å². The second kappa shape index (κ2) is 12.7. The van der Waals surface area contributed by atoms with E-state index in [1.165, 1.54) is 12.1 Å². The summed E-state index contributed by atoms with van der Waals surface area (Å²) in [6.45, 7) is 7.06. The fraction of sp³-hybridized carbons (Fsp3) is 0.344. The third kappa shape index (κ3) is 8.11. The van der Waals surface area contributed by atoms with Crippen molar-refractivity contribution in [2.45, 2.75) is 45.4 Å². The predicted molar refractivity (Wildman–Crippen MR) is 154 cm³/mol. The molecule has 3 amide bonds. The Kier molecular flexibility index (Phi) is 9.23. The van der Waals surface area contributed by atoms with Gasteiger partial charge in [-0.25, -0.2) is 4.79 Å². The Labute approximate surface area is 243 Å². The van der Waals surface area contributed by atoms with Gasteiger partial charge in [-0.05, 0) is 87.1 Å². The Balaban J connectivity index is 1.35. The average molecular weight is 582 g/mol. The van der Waals surface area contributed by atoms with E-state index in [0.29, 0.717) is 42.0 Å². The Hall–Kier alpha value is -4.34. The van der Waals surface area contributed by atoms with Crippen molar-refractivity contribution in [3.05, 3.63) is 89.5 Å². The minimum Gasteiger partial charge on any atom is -0.444 e. The third-order valence-corrected chi connectivity index (χ3v) is 6.90. The smallest absolute Gasteiger partial charge is 0.416 e. The summed E-state index contributed by atoms with van der Waals surface area (Å²) in [4.78, 5) is 40.0. The summed E-state index contributed by atoms with van der Waals surface area (Å²) >= 11 is 0. The summed E-state index contributed by atoms with van der Waals surface area (Å²) in [7, 11) is 0. The van der Waals surface area contributed by atoms with Gasteiger partial charge in [0.2, 0.25) is 0 Å². The second-order valence-electron chi connectivity index (χ2n) is 11.3. The number of alkyl halides is 3. The van der Waals surface area contributed by atoms with Gasteiger partial charge in [0.25, 0.3) is 11.8 Å². The van der Waals surface area contributed by atoms with Crippen molar-refractivity contribution in [1.82, 2.24) is 10.2 Å². The lowest BCUT2D eigenvalue weighted by atomic mass is 9.97. The van der Waals surface area contributed by atoms with Gasteiger partial charge in [-0.15, -0.1) is 0 Å². The number of nitrogens with zero attached hydrogens (tertiary/aromatic N) is 1. The van der Waals surface area contributed by atoms with E-state index in [0.717, 1.165) is 25.0 Å². The van der Waals surface area contributed by atoms with Gasteiger partial charge in [-0.3, -0.25) is 9.59 Å². The number of rotatable bonds is 6. The van der Waals surface area contributed by atoms with Crippen LogP contribution in [0.5, 0.6) is 0 Å². The highest BCUT2D eigenvalue weighted by Crippen LogP contribution is 2.32. The molecule has 1 fully saturated rings. The Morgan fingerprint density at radius 3 is 2.19 bits per heavy atom. The van der Waals surface area contributed by atoms with Crippen LogP contribution < -0.4 is 10.6 Å². The first-order valence-corrected chi connectivity index (χ1v) is 13.7. The molecule has 0 bridgehead atoms. The third-order valence-electron chi connectivity index (χ3n) is 6.90. The van der Waals surface area contributed by atoms with E-state index < -0.39 is 23.2 Å². The zero-order chi connectivity index (χ0) is 30.5. The van der Waals surface area contributed by atoms with Crippen molar-refractivity contribution in [1.29, 1.82) is 0 Å². The number of halogens is 3. The molecule has 0 aromatic heterocycles. The molecular weight excluding hydrogens is 547 g/mol. The summed E-state index contributed by atoms with van der Waals surface area (Å²) in [5.41, 5.74) is 0.690. The van der Waals surface area contributed by atoms with Crippen LogP contribution in [0.15, 0.2) is 72.8 Å². The zero-order valence-electron chi connectivity index (χ0n) is 23.8. The van der Waals surface area contributed by atoms with E-state index in [9.17, 15) is 27.6 Å². The summed E-state index contributed by atoms with van der Waals surface area (Å²) in [6, 6.07) is 17.8. The van der Waals surface area contributed by atoms with Gasteiger partial charge in [-0.2, -0.15) is 13.2 Å². The number of hydrogen-bond acceptors (Lipinski definition) is 4. The maximum absolute atomic E-state index is 13.2. The topological polar surface area (TPSA) is 87.7 Å². The highest BCUT2D eigenvalue weighted by Gasteiger charge is 2.30. The van der Waals surface area contributed by atoms with Crippen LogP contribution in [0.3, 0.4) is 0 Å². The molecule has 0 saturated carbocycles. The molecule has 4 rings (SSSR count). The summed E-state index contributed by atoms with van der Waals surface area (Å²) in [6.07, 6.45) is -3.29. The van der Waals surface area contributed by atoms with Gasteiger partial charge in [0, 0.05) is 36.4 Å². The van der Waals surface area contributed by atoms with Crippen LogP contribution >= 0.6 is 0 Å². The number of hydrogen-bond donors (Lipinski definition) is 2. The van der Waals surface area contributed by atoms with E-state index >= 15 is 0 Å². The van der Waals surface area contributed by atoms with Crippen LogP contribution in [0.1, 0.15) is 59.9 Å². The lowest BCUT2D eigenvalue weighted by Crippen LogP contribution is -2.43. The van der Waals surface area contributed by atoms with E-state index in [4.69, 9.17) is 4.74 Å². The van der Waals surface area contributed by atoms with Crippen molar-refractivity contribution in [2.75, 3.05) is 25.0 Å². The van der Waals surface area contributed by atoms with Crippen molar-refractivity contribution in [3.63, 3.8) is 0 Å². The van der Waals surface area contributed by atoms with Gasteiger partial charge in [0.1, 0.15) is 5.60 Å². The van der Waals surface area contributed by atoms with Crippen LogP contribution in [0.25, 0.3) is 11.1 Å². The quantitative estimate of drug-likeness (QED) is 0.328. The molecule has 1 aliphatic heterocycles.